The summed E-state index contributed by atoms with van der Waals surface area (Å²) in [5.41, 5.74) is -0.821. The molecule has 0 saturated heterocycles. The van der Waals surface area contributed by atoms with Crippen molar-refractivity contribution in [2.45, 2.75) is 79.5 Å². The van der Waals surface area contributed by atoms with E-state index in [0.29, 0.717) is 12.0 Å². The lowest BCUT2D eigenvalue weighted by Crippen LogP contribution is -2.56. The van der Waals surface area contributed by atoms with Gasteiger partial charge in [0.15, 0.2) is 0 Å². The maximum absolute atomic E-state index is 13.3. The van der Waals surface area contributed by atoms with E-state index in [1.807, 2.05) is 20.8 Å². The molecule has 0 aromatic carbocycles. The van der Waals surface area contributed by atoms with Crippen molar-refractivity contribution in [3.05, 3.63) is 24.3 Å². The standard InChI is InChI=1S/C22H38N2O5/c1-11-13-16(14-15(3)19(26)28-12-2)24(10)18(25)17(21(4,5)6)23-20(27)29-22(7,8)9/h11,14,16-17H,1,12-13H2,2-10H3,(H,23,27)/b15-14+/t16-,17+/m0/s1. The fourth-order valence-electron chi connectivity index (χ4n) is 2.55. The van der Waals surface area contributed by atoms with Crippen molar-refractivity contribution in [3.8, 4) is 0 Å². The summed E-state index contributed by atoms with van der Waals surface area (Å²) in [4.78, 5) is 39.0. The molecule has 2 atom stereocenters. The van der Waals surface area contributed by atoms with E-state index in [9.17, 15) is 14.4 Å². The Morgan fingerprint density at radius 1 is 1.14 bits per heavy atom. The van der Waals surface area contributed by atoms with E-state index in [4.69, 9.17) is 9.47 Å². The topological polar surface area (TPSA) is 84.9 Å². The molecule has 0 rings (SSSR count). The molecule has 29 heavy (non-hydrogen) atoms. The quantitative estimate of drug-likeness (QED) is 0.373. The number of rotatable bonds is 8. The van der Waals surface area contributed by atoms with E-state index in [2.05, 4.69) is 11.9 Å². The van der Waals surface area contributed by atoms with Gasteiger partial charge in [0.25, 0.3) is 0 Å². The summed E-state index contributed by atoms with van der Waals surface area (Å²) in [7, 11) is 1.64. The molecule has 2 amide bonds. The van der Waals surface area contributed by atoms with Crippen LogP contribution in [0.1, 0.15) is 61.8 Å². The number of ether oxygens (including phenoxy) is 2. The van der Waals surface area contributed by atoms with Gasteiger partial charge in [-0.2, -0.15) is 0 Å². The van der Waals surface area contributed by atoms with Crippen LogP contribution in [0.4, 0.5) is 4.79 Å². The minimum Gasteiger partial charge on any atom is -0.463 e. The molecule has 0 spiro atoms. The molecule has 0 aliphatic carbocycles. The second kappa shape index (κ2) is 11.0. The van der Waals surface area contributed by atoms with Crippen molar-refractivity contribution in [2.75, 3.05) is 13.7 Å². The molecule has 0 fully saturated rings. The van der Waals surface area contributed by atoms with Gasteiger partial charge in [0.2, 0.25) is 5.91 Å². The summed E-state index contributed by atoms with van der Waals surface area (Å²) in [5.74, 6) is -0.718. The molecule has 0 heterocycles. The molecular formula is C22H38N2O5. The Morgan fingerprint density at radius 3 is 2.10 bits per heavy atom. The van der Waals surface area contributed by atoms with Crippen molar-refractivity contribution in [1.29, 1.82) is 0 Å². The number of nitrogens with zero attached hydrogens (tertiary/aromatic N) is 1. The normalized spacial score (nSPS) is 14.4. The van der Waals surface area contributed by atoms with Gasteiger partial charge >= 0.3 is 12.1 Å². The molecule has 0 aromatic rings. The summed E-state index contributed by atoms with van der Waals surface area (Å²) in [6, 6.07) is -1.22. The summed E-state index contributed by atoms with van der Waals surface area (Å²) < 4.78 is 10.3. The third kappa shape index (κ3) is 9.63. The fourth-order valence-corrected chi connectivity index (χ4v) is 2.55. The van der Waals surface area contributed by atoms with E-state index >= 15 is 0 Å². The van der Waals surface area contributed by atoms with Crippen LogP contribution in [0.25, 0.3) is 0 Å². The Morgan fingerprint density at radius 2 is 1.69 bits per heavy atom. The van der Waals surface area contributed by atoms with Crippen LogP contribution in [-0.4, -0.2) is 54.2 Å². The third-order valence-electron chi connectivity index (χ3n) is 4.07. The number of hydrogen-bond acceptors (Lipinski definition) is 5. The average Bonchev–Trinajstić information content (AvgIpc) is 2.55. The summed E-state index contributed by atoms with van der Waals surface area (Å²) >= 11 is 0. The number of carbonyl (C=O) groups excluding carboxylic acids is 3. The van der Waals surface area contributed by atoms with Crippen molar-refractivity contribution in [2.24, 2.45) is 5.41 Å². The molecule has 0 aliphatic heterocycles. The van der Waals surface area contributed by atoms with E-state index < -0.39 is 35.2 Å². The predicted molar refractivity (Wildman–Crippen MR) is 114 cm³/mol. The Kier molecular flexibility index (Phi) is 10.1. The summed E-state index contributed by atoms with van der Waals surface area (Å²) in [6.07, 6.45) is 3.15. The first kappa shape index (κ1) is 26.7. The number of likely N-dealkylation sites (N-methyl/N-ethyl adjacent to an activating group) is 1. The second-order valence-corrected chi connectivity index (χ2v) is 9.06. The second-order valence-electron chi connectivity index (χ2n) is 9.06. The van der Waals surface area contributed by atoms with Gasteiger partial charge < -0.3 is 19.7 Å². The van der Waals surface area contributed by atoms with E-state index in [1.54, 1.807) is 53.8 Å². The van der Waals surface area contributed by atoms with Crippen LogP contribution in [-0.2, 0) is 19.1 Å². The molecule has 1 N–H and O–H groups in total. The number of alkyl carbamates (subject to hydrolysis) is 1. The number of nitrogens with one attached hydrogen (secondary N) is 1. The first-order valence-electron chi connectivity index (χ1n) is 9.86. The Labute approximate surface area is 175 Å². The van der Waals surface area contributed by atoms with Crippen LogP contribution >= 0.6 is 0 Å². The van der Waals surface area contributed by atoms with Crippen molar-refractivity contribution < 1.29 is 23.9 Å². The Bertz CT molecular complexity index is 626. The van der Waals surface area contributed by atoms with Gasteiger partial charge in [-0.1, -0.05) is 32.9 Å². The van der Waals surface area contributed by atoms with Crippen molar-refractivity contribution >= 4 is 18.0 Å². The maximum Gasteiger partial charge on any atom is 0.408 e. The lowest BCUT2D eigenvalue weighted by molar-refractivity contribution is -0.139. The summed E-state index contributed by atoms with van der Waals surface area (Å²) in [5, 5.41) is 2.70. The minimum absolute atomic E-state index is 0.275. The van der Waals surface area contributed by atoms with Crippen LogP contribution in [0.15, 0.2) is 24.3 Å². The van der Waals surface area contributed by atoms with Crippen LogP contribution in [0.3, 0.4) is 0 Å². The van der Waals surface area contributed by atoms with E-state index in [-0.39, 0.29) is 12.5 Å². The SMILES string of the molecule is C=CC[C@@H](/C=C(\C)C(=O)OCC)N(C)C(=O)[C@@H](NC(=O)OC(C)(C)C)C(C)(C)C. The molecule has 0 bridgehead atoms. The van der Waals surface area contributed by atoms with Gasteiger partial charge in [0.05, 0.1) is 12.6 Å². The fraction of sp³-hybridized carbons (Fsp3) is 0.682. The molecule has 0 saturated carbocycles. The zero-order valence-electron chi connectivity index (χ0n) is 19.4. The third-order valence-corrected chi connectivity index (χ3v) is 4.07. The highest BCUT2D eigenvalue weighted by atomic mass is 16.6. The zero-order chi connectivity index (χ0) is 23.0. The number of amides is 2. The molecule has 0 aliphatic rings. The minimum atomic E-state index is -0.814. The van der Waals surface area contributed by atoms with E-state index in [1.165, 1.54) is 4.90 Å². The Hall–Kier alpha value is -2.31. The Balaban J connectivity index is 5.67. The highest BCUT2D eigenvalue weighted by Crippen LogP contribution is 2.23. The first-order chi connectivity index (χ1) is 13.1. The molecule has 7 heteroatoms. The van der Waals surface area contributed by atoms with Crippen molar-refractivity contribution in [3.63, 3.8) is 0 Å². The highest BCUT2D eigenvalue weighted by molar-refractivity contribution is 5.89. The average molecular weight is 411 g/mol. The largest absolute Gasteiger partial charge is 0.463 e. The number of esters is 1. The molecule has 166 valence electrons. The molecular weight excluding hydrogens is 372 g/mol. The lowest BCUT2D eigenvalue weighted by Gasteiger charge is -2.36. The first-order valence-corrected chi connectivity index (χ1v) is 9.86. The predicted octanol–water partition coefficient (Wildman–Crippen LogP) is 3.84. The zero-order valence-corrected chi connectivity index (χ0v) is 19.4. The molecule has 0 aromatic heterocycles. The maximum atomic E-state index is 13.3. The smallest absolute Gasteiger partial charge is 0.408 e. The number of hydrogen-bond donors (Lipinski definition) is 1. The molecule has 7 nitrogen and oxygen atoms in total. The summed E-state index contributed by atoms with van der Waals surface area (Å²) in [6.45, 7) is 18.3. The highest BCUT2D eigenvalue weighted by Gasteiger charge is 2.37. The van der Waals surface area contributed by atoms with Crippen LogP contribution in [0.5, 0.6) is 0 Å². The van der Waals surface area contributed by atoms with Gasteiger partial charge in [0.1, 0.15) is 11.6 Å². The monoisotopic (exact) mass is 410 g/mol. The van der Waals surface area contributed by atoms with Gasteiger partial charge in [-0.05, 0) is 46.5 Å². The van der Waals surface area contributed by atoms with Crippen LogP contribution in [0, 0.1) is 5.41 Å². The van der Waals surface area contributed by atoms with Gasteiger partial charge in [-0.15, -0.1) is 6.58 Å². The molecule has 0 radical (unpaired) electrons. The van der Waals surface area contributed by atoms with Crippen LogP contribution < -0.4 is 5.32 Å². The lowest BCUT2D eigenvalue weighted by atomic mass is 9.85. The number of carbonyl (C=O) groups is 3. The van der Waals surface area contributed by atoms with E-state index in [0.717, 1.165) is 0 Å². The van der Waals surface area contributed by atoms with Gasteiger partial charge in [0, 0.05) is 12.6 Å². The van der Waals surface area contributed by atoms with Crippen LogP contribution in [0.2, 0.25) is 0 Å². The van der Waals surface area contributed by atoms with Gasteiger partial charge in [-0.3, -0.25) is 4.79 Å². The molecule has 0 unspecified atom stereocenters. The van der Waals surface area contributed by atoms with Crippen molar-refractivity contribution in [1.82, 2.24) is 10.2 Å². The van der Waals surface area contributed by atoms with Gasteiger partial charge in [-0.25, -0.2) is 9.59 Å².